The van der Waals surface area contributed by atoms with Gasteiger partial charge in [-0.05, 0) is 12.1 Å². The van der Waals surface area contributed by atoms with E-state index in [1.54, 1.807) is 6.20 Å². The van der Waals surface area contributed by atoms with Crippen molar-refractivity contribution >= 4 is 22.7 Å². The second kappa shape index (κ2) is 5.53. The summed E-state index contributed by atoms with van der Waals surface area (Å²) in [6.07, 6.45) is 3.08. The van der Waals surface area contributed by atoms with Crippen LogP contribution < -0.4 is 5.32 Å². The summed E-state index contributed by atoms with van der Waals surface area (Å²) in [5.41, 5.74) is 1.49. The lowest BCUT2D eigenvalue weighted by Gasteiger charge is -2.06. The van der Waals surface area contributed by atoms with Gasteiger partial charge in [0, 0.05) is 5.39 Å². The summed E-state index contributed by atoms with van der Waals surface area (Å²) >= 11 is 0. The van der Waals surface area contributed by atoms with Gasteiger partial charge >= 0.3 is 5.97 Å². The van der Waals surface area contributed by atoms with Crippen LogP contribution in [0.25, 0.3) is 10.9 Å². The Morgan fingerprint density at radius 1 is 1.29 bits per heavy atom. The van der Waals surface area contributed by atoms with Crippen molar-refractivity contribution in [3.63, 3.8) is 0 Å². The summed E-state index contributed by atoms with van der Waals surface area (Å²) in [6, 6.07) is 7.67. The van der Waals surface area contributed by atoms with E-state index in [0.717, 1.165) is 10.9 Å². The fraction of sp³-hybridized carbons (Fsp3) is 0.154. The molecule has 8 heteroatoms. The number of para-hydroxylation sites is 1. The maximum Gasteiger partial charge on any atom is 0.325 e. The van der Waals surface area contributed by atoms with Gasteiger partial charge in [0.1, 0.15) is 24.4 Å². The fourth-order valence-electron chi connectivity index (χ4n) is 1.96. The molecular formula is C13H12N6O2. The Kier molecular flexibility index (Phi) is 3.42. The van der Waals surface area contributed by atoms with Crippen LogP contribution in [-0.4, -0.2) is 36.0 Å². The first-order chi connectivity index (χ1) is 10.2. The number of benzene rings is 1. The fourth-order valence-corrected chi connectivity index (χ4v) is 1.96. The summed E-state index contributed by atoms with van der Waals surface area (Å²) in [5.74, 6) is -0.255. The summed E-state index contributed by atoms with van der Waals surface area (Å²) in [7, 11) is 0. The number of aliphatic carboxylic acids is 1. The lowest BCUT2D eigenvalue weighted by atomic mass is 10.2. The number of carboxylic acid groups (broad SMARTS) is 1. The molecule has 1 aromatic carbocycles. The molecule has 2 N–H and O–H groups in total. The number of nitrogens with zero attached hydrogens (tertiary/aromatic N) is 5. The number of hydrogen-bond acceptors (Lipinski definition) is 6. The van der Waals surface area contributed by atoms with Crippen molar-refractivity contribution in [2.24, 2.45) is 0 Å². The van der Waals surface area contributed by atoms with Gasteiger partial charge in [-0.1, -0.05) is 17.3 Å². The standard InChI is InChI=1S/C13H12N6O2/c20-12(21)7-19-6-9(17-18-19)5-14-13-10-3-1-2-4-11(10)15-8-16-13/h1-4,6,8H,5,7H2,(H,20,21)(H,14,15,16). The molecule has 0 unspecified atom stereocenters. The number of rotatable bonds is 5. The summed E-state index contributed by atoms with van der Waals surface area (Å²) < 4.78 is 1.28. The third-order valence-electron chi connectivity index (χ3n) is 2.86. The Morgan fingerprint density at radius 3 is 3.00 bits per heavy atom. The highest BCUT2D eigenvalue weighted by atomic mass is 16.4. The maximum atomic E-state index is 10.6. The van der Waals surface area contributed by atoms with Crippen molar-refractivity contribution in [3.05, 3.63) is 42.5 Å². The second-order valence-corrected chi connectivity index (χ2v) is 4.39. The van der Waals surface area contributed by atoms with Gasteiger partial charge in [0.15, 0.2) is 0 Å². The predicted molar refractivity (Wildman–Crippen MR) is 74.5 cm³/mol. The molecule has 2 aromatic heterocycles. The molecule has 0 amide bonds. The zero-order valence-corrected chi connectivity index (χ0v) is 11.0. The number of anilines is 1. The molecule has 0 fully saturated rings. The summed E-state index contributed by atoms with van der Waals surface area (Å²) in [4.78, 5) is 19.0. The molecule has 0 bridgehead atoms. The van der Waals surface area contributed by atoms with Crippen molar-refractivity contribution in [2.45, 2.75) is 13.1 Å². The number of nitrogens with one attached hydrogen (secondary N) is 1. The van der Waals surface area contributed by atoms with Crippen molar-refractivity contribution in [3.8, 4) is 0 Å². The van der Waals surface area contributed by atoms with Crippen molar-refractivity contribution in [1.82, 2.24) is 25.0 Å². The number of aromatic nitrogens is 5. The smallest absolute Gasteiger partial charge is 0.325 e. The van der Waals surface area contributed by atoms with Crippen LogP contribution in [0.2, 0.25) is 0 Å². The second-order valence-electron chi connectivity index (χ2n) is 4.39. The zero-order valence-electron chi connectivity index (χ0n) is 11.0. The quantitative estimate of drug-likeness (QED) is 0.717. The molecule has 0 saturated carbocycles. The molecule has 8 nitrogen and oxygen atoms in total. The molecule has 0 atom stereocenters. The van der Waals surface area contributed by atoms with Gasteiger partial charge in [0.05, 0.1) is 18.3 Å². The monoisotopic (exact) mass is 284 g/mol. The average molecular weight is 284 g/mol. The largest absolute Gasteiger partial charge is 0.480 e. The van der Waals surface area contributed by atoms with E-state index < -0.39 is 5.97 Å². The van der Waals surface area contributed by atoms with Crippen LogP contribution in [0.3, 0.4) is 0 Å². The van der Waals surface area contributed by atoms with Crippen molar-refractivity contribution in [2.75, 3.05) is 5.32 Å². The Labute approximate surface area is 119 Å². The molecule has 106 valence electrons. The first-order valence-electron chi connectivity index (χ1n) is 6.27. The minimum Gasteiger partial charge on any atom is -0.480 e. The van der Waals surface area contributed by atoms with E-state index in [0.29, 0.717) is 18.1 Å². The highest BCUT2D eigenvalue weighted by Crippen LogP contribution is 2.18. The van der Waals surface area contributed by atoms with E-state index in [1.807, 2.05) is 24.3 Å². The van der Waals surface area contributed by atoms with Gasteiger partial charge in [-0.2, -0.15) is 0 Å². The lowest BCUT2D eigenvalue weighted by molar-refractivity contribution is -0.137. The van der Waals surface area contributed by atoms with Crippen LogP contribution in [0.15, 0.2) is 36.8 Å². The molecule has 0 radical (unpaired) electrons. The first-order valence-corrected chi connectivity index (χ1v) is 6.27. The lowest BCUT2D eigenvalue weighted by Crippen LogP contribution is -2.09. The molecule has 3 aromatic rings. The Morgan fingerprint density at radius 2 is 2.14 bits per heavy atom. The normalized spacial score (nSPS) is 10.7. The number of carboxylic acids is 1. The van der Waals surface area contributed by atoms with Crippen LogP contribution >= 0.6 is 0 Å². The molecule has 0 aliphatic carbocycles. The van der Waals surface area contributed by atoms with Crippen LogP contribution in [0.1, 0.15) is 5.69 Å². The summed E-state index contributed by atoms with van der Waals surface area (Å²) in [6.45, 7) is 0.198. The van der Waals surface area contributed by atoms with E-state index in [-0.39, 0.29) is 6.54 Å². The Hall–Kier alpha value is -3.03. The van der Waals surface area contributed by atoms with Crippen LogP contribution in [0, 0.1) is 0 Å². The molecule has 3 rings (SSSR count). The average Bonchev–Trinajstić information content (AvgIpc) is 2.92. The number of hydrogen-bond donors (Lipinski definition) is 2. The third kappa shape index (κ3) is 2.94. The van der Waals surface area contributed by atoms with E-state index in [9.17, 15) is 4.79 Å². The molecule has 0 saturated heterocycles. The SMILES string of the molecule is O=C(O)Cn1cc(CNc2ncnc3ccccc23)nn1. The molecule has 0 spiro atoms. The van der Waals surface area contributed by atoms with Crippen LogP contribution in [0.5, 0.6) is 0 Å². The zero-order chi connectivity index (χ0) is 14.7. The number of carbonyl (C=O) groups is 1. The highest BCUT2D eigenvalue weighted by molar-refractivity contribution is 5.88. The third-order valence-corrected chi connectivity index (χ3v) is 2.86. The van der Waals surface area contributed by atoms with Gasteiger partial charge < -0.3 is 10.4 Å². The Bertz CT molecular complexity index is 780. The van der Waals surface area contributed by atoms with E-state index >= 15 is 0 Å². The van der Waals surface area contributed by atoms with Gasteiger partial charge in [-0.25, -0.2) is 14.6 Å². The molecular weight excluding hydrogens is 272 g/mol. The molecule has 2 heterocycles. The van der Waals surface area contributed by atoms with E-state index in [4.69, 9.17) is 5.11 Å². The topological polar surface area (TPSA) is 106 Å². The highest BCUT2D eigenvalue weighted by Gasteiger charge is 2.06. The van der Waals surface area contributed by atoms with Crippen LogP contribution in [-0.2, 0) is 17.9 Å². The number of fused-ring (bicyclic) bond motifs is 1. The minimum absolute atomic E-state index is 0.205. The first kappa shape index (κ1) is 13.0. The van der Waals surface area contributed by atoms with Crippen LogP contribution in [0.4, 0.5) is 5.82 Å². The Balaban J connectivity index is 1.74. The van der Waals surface area contributed by atoms with Gasteiger partial charge in [0.25, 0.3) is 0 Å². The molecule has 21 heavy (non-hydrogen) atoms. The minimum atomic E-state index is -0.957. The molecule has 0 aliphatic rings. The van der Waals surface area contributed by atoms with Crippen molar-refractivity contribution < 1.29 is 9.90 Å². The van der Waals surface area contributed by atoms with Crippen molar-refractivity contribution in [1.29, 1.82) is 0 Å². The van der Waals surface area contributed by atoms with E-state index in [1.165, 1.54) is 11.0 Å². The van der Waals surface area contributed by atoms with Gasteiger partial charge in [-0.3, -0.25) is 4.79 Å². The van der Waals surface area contributed by atoms with Gasteiger partial charge in [-0.15, -0.1) is 5.10 Å². The maximum absolute atomic E-state index is 10.6. The predicted octanol–water partition coefficient (Wildman–Crippen LogP) is 0.918. The van der Waals surface area contributed by atoms with E-state index in [2.05, 4.69) is 25.6 Å². The molecule has 0 aliphatic heterocycles. The van der Waals surface area contributed by atoms with Gasteiger partial charge in [0.2, 0.25) is 0 Å². The summed E-state index contributed by atoms with van der Waals surface area (Å²) in [5, 5.41) is 20.4.